The van der Waals surface area contributed by atoms with E-state index in [0.29, 0.717) is 0 Å². The normalized spacial score (nSPS) is 10.4. The molecule has 0 aliphatic carbocycles. The average Bonchev–Trinajstić information content (AvgIpc) is 2.40. The molecule has 0 saturated carbocycles. The number of pyridine rings is 1. The maximum absolute atomic E-state index is 6.07. The second kappa shape index (κ2) is 6.21. The number of halogens is 2. The summed E-state index contributed by atoms with van der Waals surface area (Å²) in [7, 11) is 2.07. The highest BCUT2D eigenvalue weighted by Gasteiger charge is 2.08. The highest BCUT2D eigenvalue weighted by atomic mass is 79.9. The number of aromatic nitrogens is 1. The number of hydrogen-bond donors (Lipinski definition) is 0. The Hall–Kier alpha value is -1.06. The van der Waals surface area contributed by atoms with E-state index in [9.17, 15) is 0 Å². The fraction of sp³-hybridized carbons (Fsp3) is 0.214. The van der Waals surface area contributed by atoms with Crippen LogP contribution in [-0.2, 0) is 11.9 Å². The van der Waals surface area contributed by atoms with Gasteiger partial charge in [-0.05, 0) is 35.4 Å². The first-order chi connectivity index (χ1) is 8.70. The molecule has 1 aromatic carbocycles. The standard InChI is InChI=1S/C14H14BrClN2/c1-18(10-11-4-6-17-7-5-11)14-8-13(16)3-2-12(14)9-15/h2-8H,9-10H2,1H3. The number of hydrogen-bond acceptors (Lipinski definition) is 2. The summed E-state index contributed by atoms with van der Waals surface area (Å²) < 4.78 is 0. The van der Waals surface area contributed by atoms with Crippen molar-refractivity contribution in [2.24, 2.45) is 0 Å². The summed E-state index contributed by atoms with van der Waals surface area (Å²) >= 11 is 9.58. The lowest BCUT2D eigenvalue weighted by Gasteiger charge is -2.22. The van der Waals surface area contributed by atoms with Crippen molar-refractivity contribution in [3.05, 3.63) is 58.9 Å². The minimum atomic E-state index is 0.760. The molecule has 0 spiro atoms. The van der Waals surface area contributed by atoms with Gasteiger partial charge >= 0.3 is 0 Å². The summed E-state index contributed by atoms with van der Waals surface area (Å²) in [5, 5.41) is 1.58. The lowest BCUT2D eigenvalue weighted by atomic mass is 10.1. The number of benzene rings is 1. The van der Waals surface area contributed by atoms with Crippen LogP contribution < -0.4 is 4.90 Å². The molecule has 0 saturated heterocycles. The number of anilines is 1. The molecular weight excluding hydrogens is 312 g/mol. The molecule has 1 heterocycles. The average molecular weight is 326 g/mol. The van der Waals surface area contributed by atoms with Gasteiger partial charge in [-0.2, -0.15) is 0 Å². The van der Waals surface area contributed by atoms with Crippen LogP contribution in [0.1, 0.15) is 11.1 Å². The van der Waals surface area contributed by atoms with E-state index in [4.69, 9.17) is 11.6 Å². The topological polar surface area (TPSA) is 16.1 Å². The van der Waals surface area contributed by atoms with Crippen molar-refractivity contribution in [3.8, 4) is 0 Å². The lowest BCUT2D eigenvalue weighted by Crippen LogP contribution is -2.17. The Labute approximate surface area is 121 Å². The first kappa shape index (κ1) is 13.4. The summed E-state index contributed by atoms with van der Waals surface area (Å²) in [6, 6.07) is 10.0. The predicted molar refractivity (Wildman–Crippen MR) is 80.4 cm³/mol. The molecule has 2 nitrogen and oxygen atoms in total. The first-order valence-corrected chi connectivity index (χ1v) is 7.15. The molecule has 0 fully saturated rings. The van der Waals surface area contributed by atoms with Crippen molar-refractivity contribution in [3.63, 3.8) is 0 Å². The zero-order valence-corrected chi connectivity index (χ0v) is 12.4. The zero-order chi connectivity index (χ0) is 13.0. The van der Waals surface area contributed by atoms with Crippen LogP contribution in [-0.4, -0.2) is 12.0 Å². The van der Waals surface area contributed by atoms with Crippen LogP contribution >= 0.6 is 27.5 Å². The van der Waals surface area contributed by atoms with Gasteiger partial charge in [0.15, 0.2) is 0 Å². The molecule has 0 amide bonds. The monoisotopic (exact) mass is 324 g/mol. The highest BCUT2D eigenvalue weighted by Crippen LogP contribution is 2.26. The molecule has 2 rings (SSSR count). The Morgan fingerprint density at radius 1 is 1.22 bits per heavy atom. The van der Waals surface area contributed by atoms with E-state index in [1.54, 1.807) is 0 Å². The van der Waals surface area contributed by atoms with Crippen LogP contribution in [0.5, 0.6) is 0 Å². The second-order valence-electron chi connectivity index (χ2n) is 4.12. The Kier molecular flexibility index (Phi) is 4.61. The Balaban J connectivity index is 2.23. The van der Waals surface area contributed by atoms with Crippen molar-refractivity contribution in [1.29, 1.82) is 0 Å². The summed E-state index contributed by atoms with van der Waals surface area (Å²) in [4.78, 5) is 6.22. The molecule has 0 bridgehead atoms. The van der Waals surface area contributed by atoms with Crippen molar-refractivity contribution < 1.29 is 0 Å². The van der Waals surface area contributed by atoms with Crippen LogP contribution in [0.15, 0.2) is 42.7 Å². The van der Waals surface area contributed by atoms with Gasteiger partial charge in [0.1, 0.15) is 0 Å². The molecule has 0 aliphatic heterocycles. The summed E-state index contributed by atoms with van der Waals surface area (Å²) in [6.45, 7) is 0.836. The van der Waals surface area contributed by atoms with Crippen LogP contribution in [0.2, 0.25) is 5.02 Å². The van der Waals surface area contributed by atoms with Gasteiger partial charge in [0.2, 0.25) is 0 Å². The third-order valence-corrected chi connectivity index (χ3v) is 3.61. The lowest BCUT2D eigenvalue weighted by molar-refractivity contribution is 0.913. The third kappa shape index (κ3) is 3.24. The molecule has 0 N–H and O–H groups in total. The zero-order valence-electron chi connectivity index (χ0n) is 10.1. The van der Waals surface area contributed by atoms with Gasteiger partial charge in [-0.25, -0.2) is 0 Å². The molecule has 2 aromatic rings. The van der Waals surface area contributed by atoms with Crippen molar-refractivity contribution >= 4 is 33.2 Å². The molecule has 0 aliphatic rings. The summed E-state index contributed by atoms with van der Waals surface area (Å²) in [5.74, 6) is 0. The molecule has 1 aromatic heterocycles. The highest BCUT2D eigenvalue weighted by molar-refractivity contribution is 9.08. The largest absolute Gasteiger partial charge is 0.370 e. The molecule has 0 radical (unpaired) electrons. The maximum Gasteiger partial charge on any atom is 0.0427 e. The minimum absolute atomic E-state index is 0.760. The van der Waals surface area contributed by atoms with Crippen LogP contribution in [0.4, 0.5) is 5.69 Å². The minimum Gasteiger partial charge on any atom is -0.370 e. The number of rotatable bonds is 4. The van der Waals surface area contributed by atoms with E-state index in [2.05, 4.69) is 38.9 Å². The van der Waals surface area contributed by atoms with E-state index < -0.39 is 0 Å². The SMILES string of the molecule is CN(Cc1ccncc1)c1cc(Cl)ccc1CBr. The smallest absolute Gasteiger partial charge is 0.0427 e. The Morgan fingerprint density at radius 3 is 2.61 bits per heavy atom. The molecular formula is C14H14BrClN2. The third-order valence-electron chi connectivity index (χ3n) is 2.77. The van der Waals surface area contributed by atoms with Gasteiger partial charge in [-0.1, -0.05) is 33.6 Å². The van der Waals surface area contributed by atoms with Crippen LogP contribution in [0.3, 0.4) is 0 Å². The molecule has 0 unspecified atom stereocenters. The quantitative estimate of drug-likeness (QED) is 0.781. The van der Waals surface area contributed by atoms with Crippen molar-refractivity contribution in [2.75, 3.05) is 11.9 Å². The molecule has 94 valence electrons. The fourth-order valence-corrected chi connectivity index (χ4v) is 2.49. The van der Waals surface area contributed by atoms with Crippen LogP contribution in [0.25, 0.3) is 0 Å². The van der Waals surface area contributed by atoms with E-state index >= 15 is 0 Å². The van der Waals surface area contributed by atoms with E-state index in [1.807, 2.05) is 36.7 Å². The van der Waals surface area contributed by atoms with Gasteiger partial charge in [0.05, 0.1) is 0 Å². The van der Waals surface area contributed by atoms with Crippen molar-refractivity contribution in [2.45, 2.75) is 11.9 Å². The van der Waals surface area contributed by atoms with Gasteiger partial charge < -0.3 is 4.90 Å². The predicted octanol–water partition coefficient (Wildman–Crippen LogP) is 4.27. The molecule has 4 heteroatoms. The van der Waals surface area contributed by atoms with E-state index in [-0.39, 0.29) is 0 Å². The van der Waals surface area contributed by atoms with Gasteiger partial charge in [-0.15, -0.1) is 0 Å². The van der Waals surface area contributed by atoms with Gasteiger partial charge in [0.25, 0.3) is 0 Å². The van der Waals surface area contributed by atoms with Gasteiger partial charge in [-0.3, -0.25) is 4.98 Å². The number of alkyl halides is 1. The summed E-state index contributed by atoms with van der Waals surface area (Å²) in [6.07, 6.45) is 3.62. The van der Waals surface area contributed by atoms with Crippen LogP contribution in [0, 0.1) is 0 Å². The van der Waals surface area contributed by atoms with Gasteiger partial charge in [0, 0.05) is 42.0 Å². The Bertz CT molecular complexity index is 516. The second-order valence-corrected chi connectivity index (χ2v) is 5.12. The molecule has 0 atom stereocenters. The van der Waals surface area contributed by atoms with E-state index in [1.165, 1.54) is 11.1 Å². The van der Waals surface area contributed by atoms with E-state index in [0.717, 1.165) is 22.6 Å². The Morgan fingerprint density at radius 2 is 1.94 bits per heavy atom. The fourth-order valence-electron chi connectivity index (χ4n) is 1.85. The first-order valence-electron chi connectivity index (χ1n) is 5.65. The van der Waals surface area contributed by atoms with Crippen molar-refractivity contribution in [1.82, 2.24) is 4.98 Å². The molecule has 18 heavy (non-hydrogen) atoms. The maximum atomic E-state index is 6.07. The summed E-state index contributed by atoms with van der Waals surface area (Å²) in [5.41, 5.74) is 3.61. The number of nitrogens with zero attached hydrogens (tertiary/aromatic N) is 2.